The van der Waals surface area contributed by atoms with Crippen LogP contribution in [0.4, 0.5) is 8.78 Å². The summed E-state index contributed by atoms with van der Waals surface area (Å²) in [5.74, 6) is -3.03. The van der Waals surface area contributed by atoms with Crippen LogP contribution in [0.15, 0.2) is 23.8 Å². The predicted octanol–water partition coefficient (Wildman–Crippen LogP) is 1.48. The van der Waals surface area contributed by atoms with Gasteiger partial charge < -0.3 is 20.4 Å². The molecule has 29 heavy (non-hydrogen) atoms. The molecule has 0 heterocycles. The topological polar surface area (TPSA) is 115 Å². The first-order valence-corrected chi connectivity index (χ1v) is 9.80. The van der Waals surface area contributed by atoms with Gasteiger partial charge in [-0.2, -0.15) is 0 Å². The van der Waals surface area contributed by atoms with E-state index in [1.807, 2.05) is 0 Å². The van der Waals surface area contributed by atoms with E-state index in [4.69, 9.17) is 0 Å². The molecule has 6 nitrogen and oxygen atoms in total. The van der Waals surface area contributed by atoms with Crippen molar-refractivity contribution in [1.29, 1.82) is 0 Å². The van der Waals surface area contributed by atoms with Gasteiger partial charge in [-0.1, -0.05) is 19.9 Å². The molecule has 0 unspecified atom stereocenters. The van der Waals surface area contributed by atoms with E-state index in [0.717, 1.165) is 12.2 Å². The smallest absolute Gasteiger partial charge is 0.339 e. The molecule has 0 aromatic heterocycles. The molecule has 0 bridgehead atoms. The number of carboxylic acids is 1. The zero-order valence-corrected chi connectivity index (χ0v) is 16.5. The molecule has 0 amide bonds. The number of allylic oxidation sites excluding steroid dienone is 4. The van der Waals surface area contributed by atoms with Crippen molar-refractivity contribution in [2.75, 3.05) is 0 Å². The Morgan fingerprint density at radius 3 is 2.34 bits per heavy atom. The Morgan fingerprint density at radius 1 is 1.14 bits per heavy atom. The third-order valence-electron chi connectivity index (χ3n) is 8.76. The lowest BCUT2D eigenvalue weighted by Gasteiger charge is -2.67. The number of aliphatic hydroxyl groups excluding tert-OH is 2. The lowest BCUT2D eigenvalue weighted by molar-refractivity contribution is -0.264. The van der Waals surface area contributed by atoms with Crippen LogP contribution in [-0.2, 0) is 9.59 Å². The second-order valence-corrected chi connectivity index (χ2v) is 9.85. The van der Waals surface area contributed by atoms with Crippen molar-refractivity contribution in [2.24, 2.45) is 22.2 Å². The van der Waals surface area contributed by atoms with E-state index in [9.17, 15) is 30.0 Å². The average Bonchev–Trinajstić information content (AvgIpc) is 2.83. The van der Waals surface area contributed by atoms with Gasteiger partial charge in [-0.3, -0.25) is 4.79 Å². The maximum atomic E-state index is 17.1. The largest absolute Gasteiger partial charge is 0.479 e. The third-order valence-corrected chi connectivity index (χ3v) is 8.76. The molecule has 8 heteroatoms. The van der Waals surface area contributed by atoms with E-state index in [1.54, 1.807) is 0 Å². The third kappa shape index (κ3) is 1.96. The molecule has 0 aromatic rings. The number of alkyl halides is 2. The van der Waals surface area contributed by atoms with Crippen LogP contribution in [0.5, 0.6) is 0 Å². The highest BCUT2D eigenvalue weighted by Gasteiger charge is 2.81. The fourth-order valence-electron chi connectivity index (χ4n) is 7.28. The van der Waals surface area contributed by atoms with Gasteiger partial charge in [0, 0.05) is 16.2 Å². The standard InChI is InChI=1S/C21H26F2O6/c1-17-5-4-10(24)6-11(17)12(22)8-19(3)13-7-14(25)20(29,16(27)28)18(13,2)9-15(26)21(17,19)23/h4-6,12-15,25-26,29H,7-9H2,1-3H3,(H,27,28)/t12-,13+,14+,15-,17-,18-,19-,20-,21-/m0/s1. The first kappa shape index (κ1) is 20.6. The van der Waals surface area contributed by atoms with Gasteiger partial charge in [-0.05, 0) is 49.8 Å². The highest BCUT2D eigenvalue weighted by molar-refractivity contribution is 6.01. The molecular weight excluding hydrogens is 386 g/mol. The maximum Gasteiger partial charge on any atom is 0.339 e. The summed E-state index contributed by atoms with van der Waals surface area (Å²) < 4.78 is 32.4. The minimum absolute atomic E-state index is 0.0420. The Labute approximate surface area is 166 Å². The number of carbonyl (C=O) groups is 2. The Morgan fingerprint density at radius 2 is 1.76 bits per heavy atom. The van der Waals surface area contributed by atoms with Crippen molar-refractivity contribution < 1.29 is 38.8 Å². The summed E-state index contributed by atoms with van der Waals surface area (Å²) >= 11 is 0. The fourth-order valence-corrected chi connectivity index (χ4v) is 7.28. The molecule has 0 spiro atoms. The van der Waals surface area contributed by atoms with E-state index in [0.29, 0.717) is 0 Å². The molecule has 4 aliphatic carbocycles. The molecule has 4 rings (SSSR count). The summed E-state index contributed by atoms with van der Waals surface area (Å²) in [6.07, 6.45) is -2.67. The number of fused-ring (bicyclic) bond motifs is 5. The van der Waals surface area contributed by atoms with Crippen LogP contribution in [0.2, 0.25) is 0 Å². The van der Waals surface area contributed by atoms with Gasteiger partial charge in [0.25, 0.3) is 0 Å². The lowest BCUT2D eigenvalue weighted by atomic mass is 9.39. The van der Waals surface area contributed by atoms with Crippen LogP contribution in [0.3, 0.4) is 0 Å². The molecule has 9 atom stereocenters. The van der Waals surface area contributed by atoms with Gasteiger partial charge in [0.2, 0.25) is 0 Å². The molecule has 3 fully saturated rings. The number of carbonyl (C=O) groups excluding carboxylic acids is 1. The first-order valence-electron chi connectivity index (χ1n) is 9.80. The molecular formula is C21H26F2O6. The monoisotopic (exact) mass is 412 g/mol. The average molecular weight is 412 g/mol. The Balaban J connectivity index is 1.95. The number of aliphatic carboxylic acids is 1. The van der Waals surface area contributed by atoms with Crippen molar-refractivity contribution in [3.8, 4) is 0 Å². The van der Waals surface area contributed by atoms with Crippen molar-refractivity contribution in [1.82, 2.24) is 0 Å². The van der Waals surface area contributed by atoms with Gasteiger partial charge in [0.1, 0.15) is 6.17 Å². The molecule has 0 saturated heterocycles. The van der Waals surface area contributed by atoms with Gasteiger partial charge >= 0.3 is 5.97 Å². The molecule has 160 valence electrons. The fraction of sp³-hybridized carbons (Fsp3) is 0.714. The quantitative estimate of drug-likeness (QED) is 0.519. The number of aliphatic hydroxyl groups is 3. The zero-order chi connectivity index (χ0) is 21.8. The highest BCUT2D eigenvalue weighted by atomic mass is 19.1. The molecule has 3 saturated carbocycles. The SMILES string of the molecule is C[C@]12C=CC(=O)C=C1[C@@H](F)C[C@@]1(C)[C@@H]3C[C@@H](O)[C@](O)(C(=O)O)[C@@]3(C)C[C@H](O)[C@]21F. The number of hydrogen-bond donors (Lipinski definition) is 4. The molecule has 0 radical (unpaired) electrons. The van der Waals surface area contributed by atoms with Gasteiger partial charge in [0.05, 0.1) is 12.2 Å². The summed E-state index contributed by atoms with van der Waals surface area (Å²) in [5, 5.41) is 42.2. The normalized spacial score (nSPS) is 56.3. The number of hydrogen-bond acceptors (Lipinski definition) is 5. The second-order valence-electron chi connectivity index (χ2n) is 9.85. The summed E-state index contributed by atoms with van der Waals surface area (Å²) in [5.41, 5.74) is -9.86. The van der Waals surface area contributed by atoms with Crippen LogP contribution in [-0.4, -0.2) is 61.8 Å². The predicted molar refractivity (Wildman–Crippen MR) is 97.2 cm³/mol. The summed E-state index contributed by atoms with van der Waals surface area (Å²) in [7, 11) is 0. The zero-order valence-electron chi connectivity index (χ0n) is 16.5. The summed E-state index contributed by atoms with van der Waals surface area (Å²) in [4.78, 5) is 23.7. The first-order chi connectivity index (χ1) is 13.2. The molecule has 0 aliphatic heterocycles. The maximum absolute atomic E-state index is 17.1. The summed E-state index contributed by atoms with van der Waals surface area (Å²) in [6, 6.07) is 0. The Kier molecular flexibility index (Phi) is 3.93. The van der Waals surface area contributed by atoms with Crippen LogP contribution < -0.4 is 0 Å². The Bertz CT molecular complexity index is 871. The summed E-state index contributed by atoms with van der Waals surface area (Å²) in [6.45, 7) is 4.31. The van der Waals surface area contributed by atoms with Crippen molar-refractivity contribution in [3.05, 3.63) is 23.8 Å². The Hall–Kier alpha value is -1.64. The minimum Gasteiger partial charge on any atom is -0.479 e. The van der Waals surface area contributed by atoms with Crippen LogP contribution >= 0.6 is 0 Å². The molecule has 0 aromatic carbocycles. The number of carboxylic acid groups (broad SMARTS) is 1. The van der Waals surface area contributed by atoms with Gasteiger partial charge in [-0.25, -0.2) is 13.6 Å². The number of rotatable bonds is 1. The highest BCUT2D eigenvalue weighted by Crippen LogP contribution is 2.74. The second kappa shape index (κ2) is 5.53. The van der Waals surface area contributed by atoms with E-state index in [1.165, 1.54) is 26.8 Å². The van der Waals surface area contributed by atoms with E-state index in [-0.39, 0.29) is 12.0 Å². The van der Waals surface area contributed by atoms with Crippen molar-refractivity contribution in [2.45, 2.75) is 69.7 Å². The van der Waals surface area contributed by atoms with Crippen LogP contribution in [0.1, 0.15) is 40.0 Å². The van der Waals surface area contributed by atoms with E-state index < -0.39 is 76.4 Å². The van der Waals surface area contributed by atoms with Gasteiger partial charge in [-0.15, -0.1) is 0 Å². The van der Waals surface area contributed by atoms with Gasteiger partial charge in [0.15, 0.2) is 17.1 Å². The van der Waals surface area contributed by atoms with Crippen LogP contribution in [0.25, 0.3) is 0 Å². The number of ketones is 1. The van der Waals surface area contributed by atoms with Crippen molar-refractivity contribution in [3.63, 3.8) is 0 Å². The van der Waals surface area contributed by atoms with Crippen molar-refractivity contribution >= 4 is 11.8 Å². The van der Waals surface area contributed by atoms with E-state index in [2.05, 4.69) is 0 Å². The van der Waals surface area contributed by atoms with Crippen LogP contribution in [0, 0.1) is 22.2 Å². The molecule has 4 aliphatic rings. The lowest BCUT2D eigenvalue weighted by Crippen LogP contribution is -2.74. The molecule has 4 N–H and O–H groups in total. The minimum atomic E-state index is -2.59. The van der Waals surface area contributed by atoms with E-state index >= 15 is 8.78 Å². The number of halogens is 2.